The number of pyridine rings is 1. The van der Waals surface area contributed by atoms with Gasteiger partial charge in [0.1, 0.15) is 6.10 Å². The average Bonchev–Trinajstić information content (AvgIpc) is 3.18. The normalized spacial score (nSPS) is 17.7. The standard InChI is InChI=1S/C23H28N4O/c1-3-27-16-21(14-25-27)15-26-10-11-28-23(17-26)22-9-8-20(13-24-22)12-19-6-4-18(2)5-7-19/h4-9,13-14,16,23H,3,10-12,15,17H2,1-2H3. The molecule has 1 aliphatic rings. The molecule has 2 aromatic heterocycles. The van der Waals surface area contributed by atoms with Crippen LogP contribution in [0.2, 0.25) is 0 Å². The van der Waals surface area contributed by atoms with Gasteiger partial charge < -0.3 is 4.74 Å². The summed E-state index contributed by atoms with van der Waals surface area (Å²) >= 11 is 0. The van der Waals surface area contributed by atoms with Crippen LogP contribution in [0.1, 0.15) is 41.0 Å². The van der Waals surface area contributed by atoms with E-state index in [0.717, 1.165) is 44.9 Å². The van der Waals surface area contributed by atoms with E-state index in [1.165, 1.54) is 22.3 Å². The topological polar surface area (TPSA) is 43.2 Å². The van der Waals surface area contributed by atoms with Gasteiger partial charge in [-0.05, 0) is 37.5 Å². The van der Waals surface area contributed by atoms with Crippen LogP contribution < -0.4 is 0 Å². The van der Waals surface area contributed by atoms with Crippen LogP contribution in [0.3, 0.4) is 0 Å². The number of hydrogen-bond donors (Lipinski definition) is 0. The van der Waals surface area contributed by atoms with Gasteiger partial charge in [-0.3, -0.25) is 14.6 Å². The van der Waals surface area contributed by atoms with Gasteiger partial charge in [0.25, 0.3) is 0 Å². The quantitative estimate of drug-likeness (QED) is 0.657. The maximum absolute atomic E-state index is 6.00. The van der Waals surface area contributed by atoms with Crippen molar-refractivity contribution in [2.75, 3.05) is 19.7 Å². The van der Waals surface area contributed by atoms with Crippen molar-refractivity contribution >= 4 is 0 Å². The lowest BCUT2D eigenvalue weighted by molar-refractivity contribution is -0.0350. The molecule has 5 nitrogen and oxygen atoms in total. The molecule has 0 spiro atoms. The number of rotatable bonds is 6. The first-order valence-corrected chi connectivity index (χ1v) is 10.1. The molecule has 0 amide bonds. The highest BCUT2D eigenvalue weighted by atomic mass is 16.5. The van der Waals surface area contributed by atoms with Gasteiger partial charge in [-0.15, -0.1) is 0 Å². The minimum atomic E-state index is 0.0309. The van der Waals surface area contributed by atoms with Crippen LogP contribution >= 0.6 is 0 Å². The Morgan fingerprint density at radius 1 is 1.04 bits per heavy atom. The third-order valence-corrected chi connectivity index (χ3v) is 5.27. The number of aromatic nitrogens is 3. The summed E-state index contributed by atoms with van der Waals surface area (Å²) in [7, 11) is 0. The molecule has 146 valence electrons. The zero-order chi connectivity index (χ0) is 19.3. The summed E-state index contributed by atoms with van der Waals surface area (Å²) in [5, 5.41) is 4.37. The second-order valence-corrected chi connectivity index (χ2v) is 7.55. The van der Waals surface area contributed by atoms with Crippen LogP contribution in [-0.2, 0) is 24.2 Å². The Balaban J connectivity index is 1.37. The molecule has 0 radical (unpaired) electrons. The van der Waals surface area contributed by atoms with Crippen LogP contribution in [0, 0.1) is 6.92 Å². The minimum Gasteiger partial charge on any atom is -0.369 e. The van der Waals surface area contributed by atoms with Gasteiger partial charge in [0.2, 0.25) is 0 Å². The van der Waals surface area contributed by atoms with Crippen molar-refractivity contribution in [1.29, 1.82) is 0 Å². The molecule has 1 fully saturated rings. The van der Waals surface area contributed by atoms with Crippen LogP contribution in [0.5, 0.6) is 0 Å². The highest BCUT2D eigenvalue weighted by molar-refractivity contribution is 5.28. The number of benzene rings is 1. The Bertz CT molecular complexity index is 886. The predicted molar refractivity (Wildman–Crippen MR) is 110 cm³/mol. The molecule has 0 saturated carbocycles. The first kappa shape index (κ1) is 18.8. The summed E-state index contributed by atoms with van der Waals surface area (Å²) < 4.78 is 7.98. The molecule has 1 aliphatic heterocycles. The summed E-state index contributed by atoms with van der Waals surface area (Å²) in [6, 6.07) is 13.0. The summed E-state index contributed by atoms with van der Waals surface area (Å²) in [4.78, 5) is 7.13. The summed E-state index contributed by atoms with van der Waals surface area (Å²) in [5.41, 5.74) is 6.10. The van der Waals surface area contributed by atoms with Gasteiger partial charge in [-0.1, -0.05) is 35.9 Å². The Morgan fingerprint density at radius 3 is 2.57 bits per heavy atom. The monoisotopic (exact) mass is 376 g/mol. The molecule has 28 heavy (non-hydrogen) atoms. The van der Waals surface area contributed by atoms with Crippen LogP contribution in [0.25, 0.3) is 0 Å². The second kappa shape index (κ2) is 8.67. The number of hydrogen-bond acceptors (Lipinski definition) is 4. The Kier molecular flexibility index (Phi) is 5.84. The van der Waals surface area contributed by atoms with E-state index in [-0.39, 0.29) is 6.10 Å². The zero-order valence-corrected chi connectivity index (χ0v) is 16.7. The van der Waals surface area contributed by atoms with E-state index in [9.17, 15) is 0 Å². The highest BCUT2D eigenvalue weighted by Crippen LogP contribution is 2.22. The minimum absolute atomic E-state index is 0.0309. The molecule has 0 N–H and O–H groups in total. The number of nitrogens with zero attached hydrogens (tertiary/aromatic N) is 4. The van der Waals surface area contributed by atoms with Crippen molar-refractivity contribution in [3.8, 4) is 0 Å². The van der Waals surface area contributed by atoms with Gasteiger partial charge >= 0.3 is 0 Å². The summed E-state index contributed by atoms with van der Waals surface area (Å²) in [6.45, 7) is 8.58. The molecule has 1 aromatic carbocycles. The molecule has 1 atom stereocenters. The van der Waals surface area contributed by atoms with E-state index in [2.05, 4.69) is 66.4 Å². The number of ether oxygens (including phenoxy) is 1. The van der Waals surface area contributed by atoms with Gasteiger partial charge in [-0.25, -0.2) is 0 Å². The van der Waals surface area contributed by atoms with Crippen molar-refractivity contribution in [3.05, 3.63) is 82.9 Å². The fourth-order valence-electron chi connectivity index (χ4n) is 3.62. The van der Waals surface area contributed by atoms with Crippen molar-refractivity contribution in [1.82, 2.24) is 19.7 Å². The van der Waals surface area contributed by atoms with Gasteiger partial charge in [0, 0.05) is 44.1 Å². The molecular formula is C23H28N4O. The van der Waals surface area contributed by atoms with Gasteiger partial charge in [0.15, 0.2) is 0 Å². The Labute approximate surface area is 167 Å². The maximum Gasteiger partial charge on any atom is 0.112 e. The fourth-order valence-corrected chi connectivity index (χ4v) is 3.62. The third-order valence-electron chi connectivity index (χ3n) is 5.27. The SMILES string of the molecule is CCn1cc(CN2CCOC(c3ccc(Cc4ccc(C)cc4)cn3)C2)cn1. The van der Waals surface area contributed by atoms with E-state index >= 15 is 0 Å². The molecule has 0 bridgehead atoms. The first-order chi connectivity index (χ1) is 13.7. The van der Waals surface area contributed by atoms with Crippen molar-refractivity contribution in [2.45, 2.75) is 39.5 Å². The second-order valence-electron chi connectivity index (χ2n) is 7.55. The van der Waals surface area contributed by atoms with Gasteiger partial charge in [-0.2, -0.15) is 5.10 Å². The van der Waals surface area contributed by atoms with Crippen molar-refractivity contribution in [3.63, 3.8) is 0 Å². The third kappa shape index (κ3) is 4.66. The molecule has 1 saturated heterocycles. The number of aryl methyl sites for hydroxylation is 2. The Morgan fingerprint density at radius 2 is 1.86 bits per heavy atom. The number of morpholine rings is 1. The van der Waals surface area contributed by atoms with Crippen LogP contribution in [0.4, 0.5) is 0 Å². The maximum atomic E-state index is 6.00. The van der Waals surface area contributed by atoms with E-state index < -0.39 is 0 Å². The molecule has 3 heterocycles. The lowest BCUT2D eigenvalue weighted by Crippen LogP contribution is -2.38. The molecule has 0 aliphatic carbocycles. The van der Waals surface area contributed by atoms with Crippen molar-refractivity contribution in [2.24, 2.45) is 0 Å². The van der Waals surface area contributed by atoms with Crippen molar-refractivity contribution < 1.29 is 4.74 Å². The van der Waals surface area contributed by atoms with Crippen LogP contribution in [-0.4, -0.2) is 39.4 Å². The summed E-state index contributed by atoms with van der Waals surface area (Å²) in [5.74, 6) is 0. The first-order valence-electron chi connectivity index (χ1n) is 10.1. The molecular weight excluding hydrogens is 348 g/mol. The van der Waals surface area contributed by atoms with Crippen LogP contribution in [0.15, 0.2) is 55.0 Å². The Hall–Kier alpha value is -2.50. The average molecular weight is 377 g/mol. The molecule has 5 heteroatoms. The zero-order valence-electron chi connectivity index (χ0n) is 16.7. The van der Waals surface area contributed by atoms with Gasteiger partial charge in [0.05, 0.1) is 18.5 Å². The lowest BCUT2D eigenvalue weighted by Gasteiger charge is -2.32. The fraction of sp³-hybridized carbons (Fsp3) is 0.391. The van der Waals surface area contributed by atoms with E-state index in [1.807, 2.05) is 17.1 Å². The lowest BCUT2D eigenvalue weighted by atomic mass is 10.0. The smallest absolute Gasteiger partial charge is 0.112 e. The summed E-state index contributed by atoms with van der Waals surface area (Å²) in [6.07, 6.45) is 7.02. The largest absolute Gasteiger partial charge is 0.369 e. The molecule has 3 aromatic rings. The molecule has 4 rings (SSSR count). The van der Waals surface area contributed by atoms with E-state index in [4.69, 9.17) is 9.72 Å². The highest BCUT2D eigenvalue weighted by Gasteiger charge is 2.23. The predicted octanol–water partition coefficient (Wildman–Crippen LogP) is 3.77. The van der Waals surface area contributed by atoms with E-state index in [1.54, 1.807) is 0 Å². The van der Waals surface area contributed by atoms with E-state index in [0.29, 0.717) is 0 Å². The molecule has 1 unspecified atom stereocenters.